The third-order valence-corrected chi connectivity index (χ3v) is 7.73. The van der Waals surface area contributed by atoms with Gasteiger partial charge in [0.25, 0.3) is 0 Å². The third kappa shape index (κ3) is 2.22. The molecule has 4 rings (SSSR count). The molecule has 2 heterocycles. The molecule has 7 atom stereocenters. The normalized spacial score (nSPS) is 49.6. The first-order valence-corrected chi connectivity index (χ1v) is 9.46. The van der Waals surface area contributed by atoms with E-state index in [1.54, 1.807) is 0 Å². The minimum Gasteiger partial charge on any atom is -0.435 e. The number of carbonyl (C=O) groups is 1. The van der Waals surface area contributed by atoms with E-state index in [1.807, 2.05) is 0 Å². The summed E-state index contributed by atoms with van der Waals surface area (Å²) < 4.78 is 10.7. The fourth-order valence-corrected chi connectivity index (χ4v) is 6.68. The van der Waals surface area contributed by atoms with Gasteiger partial charge in [0.2, 0.25) is 6.29 Å². The number of aliphatic hydroxyl groups is 1. The molecule has 0 amide bonds. The van der Waals surface area contributed by atoms with Crippen LogP contribution in [0.25, 0.3) is 0 Å². The van der Waals surface area contributed by atoms with E-state index in [0.717, 1.165) is 12.0 Å². The van der Waals surface area contributed by atoms with Gasteiger partial charge in [0, 0.05) is 11.8 Å². The van der Waals surface area contributed by atoms with Crippen LogP contribution >= 0.6 is 0 Å². The van der Waals surface area contributed by atoms with Gasteiger partial charge in [-0.2, -0.15) is 0 Å². The minimum atomic E-state index is -0.889. The van der Waals surface area contributed by atoms with Crippen molar-refractivity contribution in [1.29, 1.82) is 0 Å². The van der Waals surface area contributed by atoms with Gasteiger partial charge in [0.1, 0.15) is 0 Å². The molecular weight excluding hydrogens is 304 g/mol. The Morgan fingerprint density at radius 2 is 2.00 bits per heavy atom. The lowest BCUT2D eigenvalue weighted by molar-refractivity contribution is -0.190. The van der Waals surface area contributed by atoms with Gasteiger partial charge in [0.15, 0.2) is 6.29 Å². The Hall–Kier alpha value is -0.870. The summed E-state index contributed by atoms with van der Waals surface area (Å²) in [5.41, 5.74) is 1.72. The second kappa shape index (κ2) is 5.31. The van der Waals surface area contributed by atoms with Gasteiger partial charge >= 0.3 is 5.97 Å². The van der Waals surface area contributed by atoms with Crippen LogP contribution in [0.2, 0.25) is 0 Å². The van der Waals surface area contributed by atoms with E-state index in [2.05, 4.69) is 27.4 Å². The van der Waals surface area contributed by atoms with Crippen molar-refractivity contribution in [3.8, 4) is 0 Å². The lowest BCUT2D eigenvalue weighted by atomic mass is 9.54. The maximum absolute atomic E-state index is 11.6. The number of fused-ring (bicyclic) bond motifs is 2. The van der Waals surface area contributed by atoms with Gasteiger partial charge in [-0.1, -0.05) is 39.3 Å². The molecular formula is C20H30O4. The van der Waals surface area contributed by atoms with Crippen molar-refractivity contribution in [1.82, 2.24) is 0 Å². The van der Waals surface area contributed by atoms with Crippen molar-refractivity contribution in [2.75, 3.05) is 0 Å². The number of esters is 1. The Kier molecular flexibility index (Phi) is 3.67. The second-order valence-electron chi connectivity index (χ2n) is 9.38. The van der Waals surface area contributed by atoms with E-state index in [4.69, 9.17) is 9.47 Å². The number of rotatable bonds is 2. The van der Waals surface area contributed by atoms with Crippen LogP contribution in [0.15, 0.2) is 12.2 Å². The molecule has 2 aliphatic heterocycles. The molecule has 0 aromatic carbocycles. The summed E-state index contributed by atoms with van der Waals surface area (Å²) in [6.07, 6.45) is 5.04. The van der Waals surface area contributed by atoms with Gasteiger partial charge in [-0.3, -0.25) is 4.79 Å². The van der Waals surface area contributed by atoms with Crippen LogP contribution in [-0.4, -0.2) is 23.7 Å². The van der Waals surface area contributed by atoms with Gasteiger partial charge in [-0.05, 0) is 48.3 Å². The zero-order chi connectivity index (χ0) is 17.3. The van der Waals surface area contributed by atoms with E-state index in [9.17, 15) is 9.90 Å². The first kappa shape index (κ1) is 16.6. The molecule has 4 fully saturated rings. The second-order valence-corrected chi connectivity index (χ2v) is 9.38. The summed E-state index contributed by atoms with van der Waals surface area (Å²) in [5, 5.41) is 10.4. The lowest BCUT2D eigenvalue weighted by Crippen LogP contribution is -2.43. The smallest absolute Gasteiger partial charge is 0.308 e. The standard InChI is InChI=1S/C20H30O4/c1-11(16-12-10-15(21)23-18(12)24-17(16)22)13-6-7-14-19(2,3)8-5-9-20(13,14)4/h12-14,16-18,22H,1,5-10H2,2-4H3/t12-,13-,14+,16+,17?,18+,20-/m1/s1. The van der Waals surface area contributed by atoms with Crippen LogP contribution in [0.5, 0.6) is 0 Å². The highest BCUT2D eigenvalue weighted by Gasteiger charge is 2.58. The highest BCUT2D eigenvalue weighted by atomic mass is 16.8. The van der Waals surface area contributed by atoms with Gasteiger partial charge in [0.05, 0.1) is 6.42 Å². The summed E-state index contributed by atoms with van der Waals surface area (Å²) in [5.74, 6) is 0.646. The van der Waals surface area contributed by atoms with Crippen LogP contribution in [0.1, 0.15) is 59.3 Å². The summed E-state index contributed by atoms with van der Waals surface area (Å²) in [4.78, 5) is 11.6. The first-order chi connectivity index (χ1) is 11.2. The molecule has 1 unspecified atom stereocenters. The van der Waals surface area contributed by atoms with Crippen LogP contribution < -0.4 is 0 Å². The summed E-state index contributed by atoms with van der Waals surface area (Å²) in [6.45, 7) is 11.7. The number of hydrogen-bond acceptors (Lipinski definition) is 4. The average molecular weight is 334 g/mol. The lowest BCUT2D eigenvalue weighted by Gasteiger charge is -2.50. The minimum absolute atomic E-state index is 0.0701. The van der Waals surface area contributed by atoms with Crippen LogP contribution in [-0.2, 0) is 14.3 Å². The monoisotopic (exact) mass is 334 g/mol. The van der Waals surface area contributed by atoms with E-state index in [1.165, 1.54) is 25.7 Å². The molecule has 0 aromatic heterocycles. The van der Waals surface area contributed by atoms with Crippen LogP contribution in [0, 0.1) is 34.5 Å². The van der Waals surface area contributed by atoms with E-state index < -0.39 is 12.6 Å². The number of ether oxygens (including phenoxy) is 2. The molecule has 4 nitrogen and oxygen atoms in total. The maximum atomic E-state index is 11.6. The quantitative estimate of drug-likeness (QED) is 0.619. The summed E-state index contributed by atoms with van der Waals surface area (Å²) in [6, 6.07) is 0. The molecule has 2 saturated carbocycles. The van der Waals surface area contributed by atoms with Crippen molar-refractivity contribution < 1.29 is 19.4 Å². The fraction of sp³-hybridized carbons (Fsp3) is 0.850. The Morgan fingerprint density at radius 3 is 2.75 bits per heavy atom. The van der Waals surface area contributed by atoms with Crippen molar-refractivity contribution in [2.45, 2.75) is 71.9 Å². The summed E-state index contributed by atoms with van der Waals surface area (Å²) >= 11 is 0. The third-order valence-electron chi connectivity index (χ3n) is 7.73. The summed E-state index contributed by atoms with van der Waals surface area (Å²) in [7, 11) is 0. The molecule has 2 saturated heterocycles. The topological polar surface area (TPSA) is 55.8 Å². The van der Waals surface area contributed by atoms with E-state index >= 15 is 0 Å². The largest absolute Gasteiger partial charge is 0.435 e. The Bertz CT molecular complexity index is 568. The molecule has 24 heavy (non-hydrogen) atoms. The Balaban J connectivity index is 1.60. The predicted octanol–water partition coefficient (Wildman–Crippen LogP) is 3.64. The SMILES string of the molecule is C=C([C@@H]1C(O)O[C@@H]2OC(=O)C[C@@H]21)[C@H]1CC[C@H]2C(C)(C)CCC[C@]12C. The van der Waals surface area contributed by atoms with Crippen molar-refractivity contribution in [3.05, 3.63) is 12.2 Å². The maximum Gasteiger partial charge on any atom is 0.308 e. The number of carbonyl (C=O) groups excluding carboxylic acids is 1. The molecule has 0 bridgehead atoms. The number of aliphatic hydroxyl groups excluding tert-OH is 1. The van der Waals surface area contributed by atoms with Crippen molar-refractivity contribution >= 4 is 5.97 Å². The van der Waals surface area contributed by atoms with E-state index in [-0.39, 0.29) is 23.2 Å². The molecule has 0 radical (unpaired) electrons. The zero-order valence-electron chi connectivity index (χ0n) is 15.1. The van der Waals surface area contributed by atoms with Crippen molar-refractivity contribution in [2.24, 2.45) is 34.5 Å². The molecule has 4 heteroatoms. The molecule has 2 aliphatic carbocycles. The Labute approximate surface area is 144 Å². The zero-order valence-corrected chi connectivity index (χ0v) is 15.1. The van der Waals surface area contributed by atoms with Gasteiger partial charge in [-0.25, -0.2) is 0 Å². The average Bonchev–Trinajstić information content (AvgIpc) is 3.07. The highest BCUT2D eigenvalue weighted by Crippen LogP contribution is 2.64. The van der Waals surface area contributed by atoms with Crippen LogP contribution in [0.4, 0.5) is 0 Å². The van der Waals surface area contributed by atoms with E-state index in [0.29, 0.717) is 23.7 Å². The molecule has 1 N–H and O–H groups in total. The van der Waals surface area contributed by atoms with Crippen molar-refractivity contribution in [3.63, 3.8) is 0 Å². The first-order valence-electron chi connectivity index (χ1n) is 9.46. The number of hydrogen-bond donors (Lipinski definition) is 1. The Morgan fingerprint density at radius 1 is 1.25 bits per heavy atom. The van der Waals surface area contributed by atoms with Gasteiger partial charge in [-0.15, -0.1) is 0 Å². The molecule has 4 aliphatic rings. The highest BCUT2D eigenvalue weighted by molar-refractivity contribution is 5.72. The molecule has 134 valence electrons. The molecule has 0 aromatic rings. The van der Waals surface area contributed by atoms with Crippen LogP contribution in [0.3, 0.4) is 0 Å². The fourth-order valence-electron chi connectivity index (χ4n) is 6.68. The predicted molar refractivity (Wildman–Crippen MR) is 89.7 cm³/mol. The molecule has 0 spiro atoms. The van der Waals surface area contributed by atoms with Gasteiger partial charge < -0.3 is 14.6 Å².